The van der Waals surface area contributed by atoms with Crippen LogP contribution in [0.1, 0.15) is 43.0 Å². The maximum atomic E-state index is 12.0. The summed E-state index contributed by atoms with van der Waals surface area (Å²) in [5, 5.41) is 8.52. The van der Waals surface area contributed by atoms with Crippen LogP contribution in [0.4, 0.5) is 0 Å². The van der Waals surface area contributed by atoms with Gasteiger partial charge < -0.3 is 9.47 Å². The molecule has 2 aromatic carbocycles. The first-order chi connectivity index (χ1) is 17.4. The molecule has 1 saturated heterocycles. The van der Waals surface area contributed by atoms with Crippen molar-refractivity contribution in [2.45, 2.75) is 34.2 Å². The molecule has 2 heterocycles. The van der Waals surface area contributed by atoms with E-state index in [4.69, 9.17) is 16.6 Å². The van der Waals surface area contributed by atoms with Crippen molar-refractivity contribution in [1.29, 1.82) is 0 Å². The van der Waals surface area contributed by atoms with Gasteiger partial charge in [-0.2, -0.15) is 0 Å². The monoisotopic (exact) mass is 521 g/mol. The minimum atomic E-state index is -0.747. The van der Waals surface area contributed by atoms with E-state index in [-0.39, 0.29) is 0 Å². The zero-order valence-electron chi connectivity index (χ0n) is 21.2. The van der Waals surface area contributed by atoms with Gasteiger partial charge in [0.15, 0.2) is 0 Å². The molecule has 36 heavy (non-hydrogen) atoms. The number of aryl methyl sites for hydroxylation is 1. The molecule has 0 radical (unpaired) electrons. The zero-order valence-corrected chi connectivity index (χ0v) is 22.8. The number of aromatic nitrogens is 3. The second kappa shape index (κ2) is 11.8. The Morgan fingerprint density at radius 1 is 1.08 bits per heavy atom. The summed E-state index contributed by atoms with van der Waals surface area (Å²) in [5.41, 5.74) is 7.63. The molecular weight excluding hydrogens is 490 g/mol. The van der Waals surface area contributed by atoms with Crippen molar-refractivity contribution in [3.63, 3.8) is 0 Å². The second-order valence-electron chi connectivity index (χ2n) is 9.11. The maximum absolute atomic E-state index is 12.0. The van der Waals surface area contributed by atoms with Gasteiger partial charge in [-0.1, -0.05) is 47.5 Å². The van der Waals surface area contributed by atoms with Gasteiger partial charge in [-0.3, -0.25) is 4.21 Å². The standard InChI is InChI=1S/C28H32ClN5OS/c1-5-26(34-12-14-36(35)15-13-34)32-28(27(20(2)3)23-7-9-24(29)10-8-23)25-11-6-22(16-21(25)4)17-33-18-30-31-19-33/h5-11,16,18-19H,12-15,17H2,1-4H3/b26-5+,32-28-. The summed E-state index contributed by atoms with van der Waals surface area (Å²) in [6.07, 6.45) is 5.50. The van der Waals surface area contributed by atoms with Crippen molar-refractivity contribution in [3.8, 4) is 0 Å². The fourth-order valence-electron chi connectivity index (χ4n) is 4.43. The van der Waals surface area contributed by atoms with Crippen LogP contribution < -0.4 is 0 Å². The molecule has 0 saturated carbocycles. The molecule has 8 heteroatoms. The van der Waals surface area contributed by atoms with Crippen LogP contribution in [0, 0.1) is 6.92 Å². The summed E-state index contributed by atoms with van der Waals surface area (Å²) in [5.74, 6) is 2.25. The van der Waals surface area contributed by atoms with Crippen molar-refractivity contribution >= 4 is 33.7 Å². The number of halogens is 1. The van der Waals surface area contributed by atoms with Gasteiger partial charge in [0.1, 0.15) is 18.5 Å². The Hall–Kier alpha value is -3.03. The zero-order chi connectivity index (χ0) is 25.7. The molecule has 0 amide bonds. The van der Waals surface area contributed by atoms with Gasteiger partial charge in [0.2, 0.25) is 0 Å². The van der Waals surface area contributed by atoms with E-state index in [1.807, 2.05) is 23.6 Å². The van der Waals surface area contributed by atoms with Gasteiger partial charge in [-0.25, -0.2) is 4.99 Å². The molecule has 0 N–H and O–H groups in total. The molecule has 1 aliphatic heterocycles. The first kappa shape index (κ1) is 26.0. The summed E-state index contributed by atoms with van der Waals surface area (Å²) in [4.78, 5) is 7.53. The number of rotatable bonds is 7. The number of hydrogen-bond acceptors (Lipinski definition) is 5. The van der Waals surface area contributed by atoms with Crippen molar-refractivity contribution in [2.75, 3.05) is 24.6 Å². The second-order valence-corrected chi connectivity index (χ2v) is 11.2. The number of nitrogens with zero attached hydrogens (tertiary/aromatic N) is 5. The van der Waals surface area contributed by atoms with Crippen LogP contribution in [0.5, 0.6) is 0 Å². The van der Waals surface area contributed by atoms with Crippen LogP contribution in [0.25, 0.3) is 5.57 Å². The lowest BCUT2D eigenvalue weighted by Crippen LogP contribution is -2.36. The lowest BCUT2D eigenvalue weighted by Gasteiger charge is -2.29. The fraction of sp³-hybridized carbons (Fsp3) is 0.321. The van der Waals surface area contributed by atoms with E-state index in [2.05, 4.69) is 72.3 Å². The summed E-state index contributed by atoms with van der Waals surface area (Å²) >= 11 is 6.22. The topological polar surface area (TPSA) is 63.4 Å². The Bertz CT molecular complexity index is 1310. The third-order valence-corrected chi connectivity index (χ3v) is 7.76. The normalized spacial score (nSPS) is 15.3. The minimum absolute atomic E-state index is 0.672. The molecule has 3 aromatic rings. The first-order valence-electron chi connectivity index (χ1n) is 12.1. The highest BCUT2D eigenvalue weighted by atomic mass is 35.5. The molecule has 6 nitrogen and oxygen atoms in total. The average molecular weight is 522 g/mol. The van der Waals surface area contributed by atoms with E-state index < -0.39 is 10.8 Å². The largest absolute Gasteiger partial charge is 0.355 e. The van der Waals surface area contributed by atoms with Gasteiger partial charge in [0.25, 0.3) is 0 Å². The molecule has 4 rings (SSSR count). The smallest absolute Gasteiger partial charge is 0.124 e. The molecular formula is C28H32ClN5OS. The maximum Gasteiger partial charge on any atom is 0.124 e. The third kappa shape index (κ3) is 6.20. The number of hydrogen-bond donors (Lipinski definition) is 0. The highest BCUT2D eigenvalue weighted by Gasteiger charge is 2.21. The Kier molecular flexibility index (Phi) is 8.54. The molecule has 0 aliphatic carbocycles. The first-order valence-corrected chi connectivity index (χ1v) is 13.9. The van der Waals surface area contributed by atoms with Crippen molar-refractivity contribution in [2.24, 2.45) is 4.99 Å². The third-order valence-electron chi connectivity index (χ3n) is 6.23. The Balaban J connectivity index is 1.81. The Morgan fingerprint density at radius 3 is 2.33 bits per heavy atom. The van der Waals surface area contributed by atoms with E-state index in [1.165, 1.54) is 11.1 Å². The van der Waals surface area contributed by atoms with Crippen LogP contribution in [-0.4, -0.2) is 54.2 Å². The predicted molar refractivity (Wildman–Crippen MR) is 150 cm³/mol. The van der Waals surface area contributed by atoms with Gasteiger partial charge in [-0.05, 0) is 62.6 Å². The SMILES string of the molecule is C/C=C(\N=C(/C(=C(C)C)c1ccc(Cl)cc1)c1ccc(Cn2cnnc2)cc1C)N1CCS(=O)CC1. The highest BCUT2D eigenvalue weighted by molar-refractivity contribution is 7.85. The number of allylic oxidation sites excluding steroid dienone is 3. The summed E-state index contributed by atoms with van der Waals surface area (Å²) < 4.78 is 13.9. The van der Waals surface area contributed by atoms with Crippen LogP contribution in [-0.2, 0) is 17.3 Å². The van der Waals surface area contributed by atoms with Crippen molar-refractivity contribution in [1.82, 2.24) is 19.7 Å². The predicted octanol–water partition coefficient (Wildman–Crippen LogP) is 5.50. The molecule has 1 aliphatic rings. The number of benzene rings is 2. The van der Waals surface area contributed by atoms with Crippen LogP contribution in [0.3, 0.4) is 0 Å². The molecule has 0 unspecified atom stereocenters. The molecule has 0 spiro atoms. The average Bonchev–Trinajstić information content (AvgIpc) is 3.36. The van der Waals surface area contributed by atoms with Gasteiger partial charge in [0.05, 0.1) is 12.3 Å². The summed E-state index contributed by atoms with van der Waals surface area (Å²) in [6.45, 7) is 10.6. The van der Waals surface area contributed by atoms with Crippen LogP contribution >= 0.6 is 11.6 Å². The number of aliphatic imine (C=N–C) groups is 1. The van der Waals surface area contributed by atoms with Crippen LogP contribution in [0.2, 0.25) is 5.02 Å². The Morgan fingerprint density at radius 2 is 1.75 bits per heavy atom. The van der Waals surface area contributed by atoms with E-state index in [0.29, 0.717) is 23.1 Å². The van der Waals surface area contributed by atoms with E-state index >= 15 is 0 Å². The highest BCUT2D eigenvalue weighted by Crippen LogP contribution is 2.29. The Labute approximate surface area is 220 Å². The lowest BCUT2D eigenvalue weighted by molar-refractivity contribution is 0.372. The van der Waals surface area contributed by atoms with Gasteiger partial charge in [0, 0.05) is 51.6 Å². The fourth-order valence-corrected chi connectivity index (χ4v) is 5.61. The lowest BCUT2D eigenvalue weighted by atomic mass is 9.89. The van der Waals surface area contributed by atoms with Gasteiger partial charge in [-0.15, -0.1) is 10.2 Å². The van der Waals surface area contributed by atoms with Crippen molar-refractivity contribution in [3.05, 3.63) is 99.9 Å². The molecule has 188 valence electrons. The minimum Gasteiger partial charge on any atom is -0.355 e. The van der Waals surface area contributed by atoms with Gasteiger partial charge >= 0.3 is 0 Å². The molecule has 0 atom stereocenters. The molecule has 1 fully saturated rings. The van der Waals surface area contributed by atoms with E-state index in [0.717, 1.165) is 46.9 Å². The molecule has 1 aromatic heterocycles. The molecule has 0 bridgehead atoms. The van der Waals surface area contributed by atoms with Crippen molar-refractivity contribution < 1.29 is 4.21 Å². The van der Waals surface area contributed by atoms with E-state index in [9.17, 15) is 4.21 Å². The summed E-state index contributed by atoms with van der Waals surface area (Å²) in [7, 11) is -0.747. The quantitative estimate of drug-likeness (QED) is 0.385. The van der Waals surface area contributed by atoms with E-state index in [1.54, 1.807) is 12.7 Å². The van der Waals surface area contributed by atoms with Crippen LogP contribution in [0.15, 0.2) is 77.6 Å². The summed E-state index contributed by atoms with van der Waals surface area (Å²) in [6, 6.07) is 14.4.